The van der Waals surface area contributed by atoms with Crippen LogP contribution < -0.4 is 69.3 Å². The largest absolute Gasteiger partial charge is 1.00 e. The van der Waals surface area contributed by atoms with Gasteiger partial charge in [0, 0.05) is 23.4 Å². The average molecular weight is 334 g/mol. The molecule has 0 aliphatic heterocycles. The predicted molar refractivity (Wildman–Crippen MR) is 67.5 cm³/mol. The maximum Gasteiger partial charge on any atom is 1.00 e. The summed E-state index contributed by atoms with van der Waals surface area (Å²) in [5, 5.41) is 21.2. The molecule has 102 valence electrons. The van der Waals surface area contributed by atoms with Crippen molar-refractivity contribution in [1.29, 1.82) is 0 Å². The standard InChI is InChI=1S/C12H18O4S2.2Na/c13-9(14)5-11(1-2-11)7-17-18-8-12(3-4-12)6-10(15)16;;/h1-8H2,(H,13,14)(H,15,16);;/q;2*+1/p-2. The molecule has 0 atom stereocenters. The first-order valence-corrected chi connectivity index (χ1v) is 8.58. The van der Waals surface area contributed by atoms with Crippen molar-refractivity contribution in [3.8, 4) is 0 Å². The van der Waals surface area contributed by atoms with Gasteiger partial charge >= 0.3 is 59.1 Å². The van der Waals surface area contributed by atoms with Gasteiger partial charge in [0.25, 0.3) is 0 Å². The molecule has 0 aromatic heterocycles. The van der Waals surface area contributed by atoms with Crippen molar-refractivity contribution in [3.63, 3.8) is 0 Å². The van der Waals surface area contributed by atoms with E-state index in [1.54, 1.807) is 21.6 Å². The van der Waals surface area contributed by atoms with Crippen LogP contribution in [0.15, 0.2) is 0 Å². The SMILES string of the molecule is O=C([O-])CC1(CSSCC2(CC(=O)[O-])CC2)CC1.[Na+].[Na+]. The summed E-state index contributed by atoms with van der Waals surface area (Å²) in [5.74, 6) is -0.275. The van der Waals surface area contributed by atoms with Gasteiger partial charge in [-0.2, -0.15) is 0 Å². The van der Waals surface area contributed by atoms with Gasteiger partial charge in [0.1, 0.15) is 0 Å². The van der Waals surface area contributed by atoms with E-state index in [4.69, 9.17) is 0 Å². The van der Waals surface area contributed by atoms with Crippen LogP contribution in [0, 0.1) is 10.8 Å². The Morgan fingerprint density at radius 1 is 0.800 bits per heavy atom. The van der Waals surface area contributed by atoms with Gasteiger partial charge in [-0.05, 0) is 49.4 Å². The Morgan fingerprint density at radius 2 is 1.10 bits per heavy atom. The molecule has 0 amide bonds. The van der Waals surface area contributed by atoms with Crippen molar-refractivity contribution in [3.05, 3.63) is 0 Å². The molecule has 2 saturated carbocycles. The smallest absolute Gasteiger partial charge is 0.550 e. The van der Waals surface area contributed by atoms with Crippen LogP contribution in [0.3, 0.4) is 0 Å². The minimum Gasteiger partial charge on any atom is -0.550 e. The van der Waals surface area contributed by atoms with Gasteiger partial charge in [-0.25, -0.2) is 0 Å². The van der Waals surface area contributed by atoms with Crippen LogP contribution in [0.1, 0.15) is 38.5 Å². The first kappa shape index (κ1) is 21.6. The first-order chi connectivity index (χ1) is 8.45. The van der Waals surface area contributed by atoms with E-state index in [9.17, 15) is 19.8 Å². The van der Waals surface area contributed by atoms with Crippen LogP contribution >= 0.6 is 21.6 Å². The average Bonchev–Trinajstić information content (AvgIpc) is 3.12. The number of carbonyl (C=O) groups is 2. The second-order valence-corrected chi connectivity index (χ2v) is 8.08. The van der Waals surface area contributed by atoms with Crippen LogP contribution in [0.2, 0.25) is 0 Å². The molecular weight excluding hydrogens is 318 g/mol. The fourth-order valence-corrected chi connectivity index (χ4v) is 5.49. The molecule has 0 aromatic carbocycles. The van der Waals surface area contributed by atoms with Crippen LogP contribution in [-0.4, -0.2) is 23.4 Å². The van der Waals surface area contributed by atoms with E-state index in [0.29, 0.717) is 0 Å². The molecular formula is C12H16Na2O4S2. The molecule has 2 aliphatic rings. The van der Waals surface area contributed by atoms with Gasteiger partial charge in [-0.3, -0.25) is 0 Å². The second kappa shape index (κ2) is 9.06. The molecule has 0 aromatic rings. The normalized spacial score (nSPS) is 20.2. The Bertz CT molecular complexity index is 323. The fourth-order valence-electron chi connectivity index (χ4n) is 2.04. The second-order valence-electron chi connectivity index (χ2n) is 5.62. The van der Waals surface area contributed by atoms with Gasteiger partial charge in [0.05, 0.1) is 0 Å². The van der Waals surface area contributed by atoms with E-state index in [1.807, 2.05) is 0 Å². The van der Waals surface area contributed by atoms with Gasteiger partial charge in [-0.1, -0.05) is 21.6 Å². The zero-order chi connectivity index (χ0) is 13.2. The van der Waals surface area contributed by atoms with Crippen molar-refractivity contribution in [2.45, 2.75) is 38.5 Å². The Morgan fingerprint density at radius 3 is 1.30 bits per heavy atom. The van der Waals surface area contributed by atoms with Crippen molar-refractivity contribution >= 4 is 33.5 Å². The molecule has 2 fully saturated rings. The molecule has 4 nitrogen and oxygen atoms in total. The van der Waals surface area contributed by atoms with Gasteiger partial charge in [-0.15, -0.1) is 0 Å². The molecule has 0 bridgehead atoms. The van der Waals surface area contributed by atoms with Crippen molar-refractivity contribution < 1.29 is 78.9 Å². The van der Waals surface area contributed by atoms with E-state index in [2.05, 4.69) is 0 Å². The molecule has 2 aliphatic carbocycles. The van der Waals surface area contributed by atoms with E-state index in [0.717, 1.165) is 37.2 Å². The molecule has 0 unspecified atom stereocenters. The topological polar surface area (TPSA) is 80.3 Å². The number of hydrogen-bond donors (Lipinski definition) is 0. The summed E-state index contributed by atoms with van der Waals surface area (Å²) in [5.41, 5.74) is -0.0802. The monoisotopic (exact) mass is 334 g/mol. The molecule has 8 heteroatoms. The Balaban J connectivity index is 0.00000180. The molecule has 0 N–H and O–H groups in total. The summed E-state index contributed by atoms with van der Waals surface area (Å²) in [6.07, 6.45) is 4.20. The third kappa shape index (κ3) is 7.27. The third-order valence-electron chi connectivity index (χ3n) is 3.77. The maximum absolute atomic E-state index is 10.6. The number of hydrogen-bond acceptors (Lipinski definition) is 6. The number of carbonyl (C=O) groups excluding carboxylic acids is 2. The Labute approximate surface area is 171 Å². The minimum absolute atomic E-state index is 0. The quantitative estimate of drug-likeness (QED) is 0.237. The third-order valence-corrected chi connectivity index (χ3v) is 6.60. The maximum atomic E-state index is 10.6. The molecule has 0 spiro atoms. The Hall–Kier alpha value is 1.64. The van der Waals surface area contributed by atoms with Crippen LogP contribution in [-0.2, 0) is 9.59 Å². The molecule has 0 radical (unpaired) electrons. The molecule has 0 heterocycles. The summed E-state index contributed by atoms with van der Waals surface area (Å²) in [6, 6.07) is 0. The minimum atomic E-state index is -0.964. The number of carboxylic acid groups (broad SMARTS) is 2. The zero-order valence-electron chi connectivity index (χ0n) is 12.1. The summed E-state index contributed by atoms with van der Waals surface area (Å²) in [4.78, 5) is 21.2. The van der Waals surface area contributed by atoms with E-state index < -0.39 is 11.9 Å². The van der Waals surface area contributed by atoms with Crippen molar-refractivity contribution in [2.75, 3.05) is 11.5 Å². The number of carboxylic acids is 2. The molecule has 0 saturated heterocycles. The number of rotatable bonds is 9. The number of aliphatic carboxylic acids is 2. The van der Waals surface area contributed by atoms with Crippen LogP contribution in [0.5, 0.6) is 0 Å². The van der Waals surface area contributed by atoms with E-state index in [1.165, 1.54) is 0 Å². The Kier molecular flexibility index (Phi) is 9.81. The van der Waals surface area contributed by atoms with Crippen molar-refractivity contribution in [2.24, 2.45) is 10.8 Å². The van der Waals surface area contributed by atoms with Crippen LogP contribution in [0.4, 0.5) is 0 Å². The van der Waals surface area contributed by atoms with E-state index >= 15 is 0 Å². The summed E-state index contributed by atoms with van der Waals surface area (Å²) < 4.78 is 0. The molecule has 20 heavy (non-hydrogen) atoms. The van der Waals surface area contributed by atoms with Crippen LogP contribution in [0.25, 0.3) is 0 Å². The molecule has 2 rings (SSSR count). The van der Waals surface area contributed by atoms with Gasteiger partial charge in [0.2, 0.25) is 0 Å². The summed E-state index contributed by atoms with van der Waals surface area (Å²) >= 11 is 0. The summed E-state index contributed by atoms with van der Waals surface area (Å²) in [7, 11) is 3.34. The zero-order valence-corrected chi connectivity index (χ0v) is 17.7. The van der Waals surface area contributed by atoms with Gasteiger partial charge < -0.3 is 19.8 Å². The van der Waals surface area contributed by atoms with E-state index in [-0.39, 0.29) is 82.8 Å². The van der Waals surface area contributed by atoms with Crippen molar-refractivity contribution in [1.82, 2.24) is 0 Å². The predicted octanol–water partition coefficient (Wildman–Crippen LogP) is -5.78. The fraction of sp³-hybridized carbons (Fsp3) is 0.833. The first-order valence-electron chi connectivity index (χ1n) is 6.10. The van der Waals surface area contributed by atoms with Gasteiger partial charge in [0.15, 0.2) is 0 Å². The summed E-state index contributed by atoms with van der Waals surface area (Å²) in [6.45, 7) is 0.